The lowest BCUT2D eigenvalue weighted by Crippen LogP contribution is -2.40. The van der Waals surface area contributed by atoms with Crippen molar-refractivity contribution in [2.24, 2.45) is 0 Å². The zero-order chi connectivity index (χ0) is 24.9. The number of benzene rings is 2. The number of rotatable bonds is 7. The van der Waals surface area contributed by atoms with Gasteiger partial charge in [-0.3, -0.25) is 10.1 Å². The number of carboxylic acids is 1. The number of hydrogen-bond donors (Lipinski definition) is 3. The van der Waals surface area contributed by atoms with Crippen LogP contribution in [0.15, 0.2) is 48.5 Å². The molecule has 4 rings (SSSR count). The van der Waals surface area contributed by atoms with Gasteiger partial charge in [0.05, 0.1) is 5.69 Å². The first-order valence-electron chi connectivity index (χ1n) is 10.9. The van der Waals surface area contributed by atoms with Gasteiger partial charge in [0.1, 0.15) is 17.5 Å². The van der Waals surface area contributed by atoms with Crippen molar-refractivity contribution in [1.82, 2.24) is 10.3 Å². The molecule has 0 radical (unpaired) electrons. The van der Waals surface area contributed by atoms with Crippen molar-refractivity contribution in [2.45, 2.75) is 32.2 Å². The average Bonchev–Trinajstić information content (AvgIpc) is 3.37. The number of anilines is 1. The number of nitrogens with zero attached hydrogens (tertiary/aromatic N) is 1. The molecule has 1 aliphatic carbocycles. The summed E-state index contributed by atoms with van der Waals surface area (Å²) in [6.07, 6.45) is -0.700. The number of ether oxygens (including phenoxy) is 1. The third kappa shape index (κ3) is 5.18. The van der Waals surface area contributed by atoms with Gasteiger partial charge in [0.15, 0.2) is 5.13 Å². The molecule has 178 valence electrons. The highest BCUT2D eigenvalue weighted by Crippen LogP contribution is 2.44. The van der Waals surface area contributed by atoms with Gasteiger partial charge in [0, 0.05) is 12.3 Å². The molecule has 1 unspecified atom stereocenters. The van der Waals surface area contributed by atoms with Crippen molar-refractivity contribution >= 4 is 34.4 Å². The second kappa shape index (κ2) is 10.4. The van der Waals surface area contributed by atoms with E-state index in [1.165, 1.54) is 0 Å². The SMILES string of the molecule is CC#CCC(NC(=O)c1sc(NC(=O)OCC2c3ccccc3-c3ccccc32)nc1C)C(=O)O. The molecule has 1 heterocycles. The number of aromatic nitrogens is 1. The Morgan fingerprint density at radius 3 is 2.34 bits per heavy atom. The molecule has 0 saturated heterocycles. The summed E-state index contributed by atoms with van der Waals surface area (Å²) < 4.78 is 5.52. The van der Waals surface area contributed by atoms with E-state index < -0.39 is 24.0 Å². The van der Waals surface area contributed by atoms with Crippen LogP contribution in [-0.4, -0.2) is 40.7 Å². The second-order valence-electron chi connectivity index (χ2n) is 7.88. The highest BCUT2D eigenvalue weighted by Gasteiger charge is 2.29. The molecule has 0 fully saturated rings. The predicted molar refractivity (Wildman–Crippen MR) is 132 cm³/mol. The largest absolute Gasteiger partial charge is 0.480 e. The summed E-state index contributed by atoms with van der Waals surface area (Å²) in [4.78, 5) is 40.9. The molecule has 1 aliphatic rings. The Morgan fingerprint density at radius 2 is 1.74 bits per heavy atom. The zero-order valence-corrected chi connectivity index (χ0v) is 19.9. The number of fused-ring (bicyclic) bond motifs is 3. The van der Waals surface area contributed by atoms with Crippen LogP contribution in [0, 0.1) is 18.8 Å². The molecule has 9 heteroatoms. The first-order chi connectivity index (χ1) is 16.9. The van der Waals surface area contributed by atoms with Crippen molar-refractivity contribution in [2.75, 3.05) is 11.9 Å². The summed E-state index contributed by atoms with van der Waals surface area (Å²) in [5.41, 5.74) is 4.84. The lowest BCUT2D eigenvalue weighted by Gasteiger charge is -2.14. The van der Waals surface area contributed by atoms with Gasteiger partial charge < -0.3 is 15.2 Å². The van der Waals surface area contributed by atoms with E-state index in [-0.39, 0.29) is 29.0 Å². The van der Waals surface area contributed by atoms with Crippen molar-refractivity contribution in [3.63, 3.8) is 0 Å². The lowest BCUT2D eigenvalue weighted by atomic mass is 9.98. The summed E-state index contributed by atoms with van der Waals surface area (Å²) in [6, 6.07) is 14.9. The molecule has 0 bridgehead atoms. The van der Waals surface area contributed by atoms with Gasteiger partial charge in [0.25, 0.3) is 5.91 Å². The fourth-order valence-electron chi connectivity index (χ4n) is 4.01. The van der Waals surface area contributed by atoms with E-state index in [0.29, 0.717) is 5.69 Å². The van der Waals surface area contributed by atoms with E-state index in [2.05, 4.69) is 39.6 Å². The Balaban J connectivity index is 1.40. The summed E-state index contributed by atoms with van der Waals surface area (Å²) in [5.74, 6) is 3.41. The molecule has 2 amide bonds. The van der Waals surface area contributed by atoms with Crippen molar-refractivity contribution < 1.29 is 24.2 Å². The number of carboxylic acid groups (broad SMARTS) is 1. The minimum Gasteiger partial charge on any atom is -0.480 e. The molecule has 0 saturated carbocycles. The highest BCUT2D eigenvalue weighted by atomic mass is 32.1. The van der Waals surface area contributed by atoms with E-state index in [9.17, 15) is 19.5 Å². The summed E-state index contributed by atoms with van der Waals surface area (Å²) in [6.45, 7) is 3.35. The third-order valence-electron chi connectivity index (χ3n) is 5.64. The van der Waals surface area contributed by atoms with E-state index in [4.69, 9.17) is 4.74 Å². The van der Waals surface area contributed by atoms with E-state index in [1.807, 2.05) is 36.4 Å². The molecular weight excluding hydrogens is 466 g/mol. The lowest BCUT2D eigenvalue weighted by molar-refractivity contribution is -0.139. The first-order valence-corrected chi connectivity index (χ1v) is 11.7. The van der Waals surface area contributed by atoms with E-state index in [0.717, 1.165) is 33.6 Å². The van der Waals surface area contributed by atoms with Crippen LogP contribution in [0.25, 0.3) is 11.1 Å². The van der Waals surface area contributed by atoms with E-state index in [1.54, 1.807) is 13.8 Å². The summed E-state index contributed by atoms with van der Waals surface area (Å²) in [5, 5.41) is 14.5. The van der Waals surface area contributed by atoms with E-state index >= 15 is 0 Å². The van der Waals surface area contributed by atoms with Crippen LogP contribution in [0.2, 0.25) is 0 Å². The number of amides is 2. The highest BCUT2D eigenvalue weighted by molar-refractivity contribution is 7.17. The Kier molecular flexibility index (Phi) is 7.13. The Labute approximate surface area is 206 Å². The molecule has 8 nitrogen and oxygen atoms in total. The van der Waals surface area contributed by atoms with Crippen LogP contribution in [-0.2, 0) is 9.53 Å². The van der Waals surface area contributed by atoms with Crippen LogP contribution in [0.3, 0.4) is 0 Å². The molecule has 1 aromatic heterocycles. The van der Waals surface area contributed by atoms with Crippen LogP contribution >= 0.6 is 11.3 Å². The number of carbonyl (C=O) groups is 3. The van der Waals surface area contributed by atoms with Crippen molar-refractivity contribution in [3.05, 3.63) is 70.2 Å². The van der Waals surface area contributed by atoms with Gasteiger partial charge in [0.2, 0.25) is 0 Å². The molecular formula is C26H23N3O5S. The number of nitrogens with one attached hydrogen (secondary N) is 2. The first kappa shape index (κ1) is 24.0. The monoisotopic (exact) mass is 489 g/mol. The van der Waals surface area contributed by atoms with Gasteiger partial charge in [-0.2, -0.15) is 0 Å². The molecule has 0 spiro atoms. The topological polar surface area (TPSA) is 118 Å². The number of carbonyl (C=O) groups excluding carboxylic acids is 2. The standard InChI is InChI=1S/C26H23N3O5S/c1-3-4-13-21(24(31)32)28-23(30)22-15(2)27-25(35-22)29-26(33)34-14-20-18-11-7-5-9-16(18)17-10-6-8-12-19(17)20/h5-12,20-21H,13-14H2,1-2H3,(H,28,30)(H,31,32)(H,27,29,33). The smallest absolute Gasteiger partial charge is 0.413 e. The maximum atomic E-state index is 12.6. The molecule has 3 aromatic rings. The minimum atomic E-state index is -1.18. The van der Waals surface area contributed by atoms with Crippen LogP contribution in [0.1, 0.15) is 45.8 Å². The number of thiazole rings is 1. The van der Waals surface area contributed by atoms with Gasteiger partial charge in [-0.25, -0.2) is 14.6 Å². The third-order valence-corrected chi connectivity index (χ3v) is 6.71. The molecule has 0 aliphatic heterocycles. The second-order valence-corrected chi connectivity index (χ2v) is 8.88. The summed E-state index contributed by atoms with van der Waals surface area (Å²) in [7, 11) is 0. The van der Waals surface area contributed by atoms with Crippen molar-refractivity contribution in [3.8, 4) is 23.0 Å². The molecule has 35 heavy (non-hydrogen) atoms. The Morgan fingerprint density at radius 1 is 1.11 bits per heavy atom. The predicted octanol–water partition coefficient (Wildman–Crippen LogP) is 4.41. The maximum absolute atomic E-state index is 12.6. The van der Waals surface area contributed by atoms with Crippen LogP contribution in [0.5, 0.6) is 0 Å². The Bertz CT molecular complexity index is 1310. The minimum absolute atomic E-state index is 0.0136. The normalized spacial score (nSPS) is 12.5. The number of aliphatic carboxylic acids is 1. The zero-order valence-electron chi connectivity index (χ0n) is 19.1. The van der Waals surface area contributed by atoms with Gasteiger partial charge >= 0.3 is 12.1 Å². The van der Waals surface area contributed by atoms with Crippen molar-refractivity contribution in [1.29, 1.82) is 0 Å². The molecule has 3 N–H and O–H groups in total. The fraction of sp³-hybridized carbons (Fsp3) is 0.231. The quantitative estimate of drug-likeness (QED) is 0.423. The van der Waals surface area contributed by atoms with Gasteiger partial charge in [-0.05, 0) is 36.1 Å². The Hall–Kier alpha value is -4.16. The number of aryl methyl sites for hydroxylation is 1. The molecule has 1 atom stereocenters. The summed E-state index contributed by atoms with van der Waals surface area (Å²) >= 11 is 0.945. The van der Waals surface area contributed by atoms with Gasteiger partial charge in [-0.15, -0.1) is 11.8 Å². The van der Waals surface area contributed by atoms with Crippen LogP contribution < -0.4 is 10.6 Å². The fourth-order valence-corrected chi connectivity index (χ4v) is 4.87. The van der Waals surface area contributed by atoms with Crippen LogP contribution in [0.4, 0.5) is 9.93 Å². The molecule has 2 aromatic carbocycles. The van der Waals surface area contributed by atoms with Gasteiger partial charge in [-0.1, -0.05) is 59.9 Å². The number of hydrogen-bond acceptors (Lipinski definition) is 6. The average molecular weight is 490 g/mol. The maximum Gasteiger partial charge on any atom is 0.413 e.